The SMILES string of the molecule is [BaH2].[Ce].[Y].[Yb].[Zr]. The van der Waals surface area contributed by atoms with Gasteiger partial charge in [0.1, 0.15) is 0 Å². The second-order valence-corrected chi connectivity index (χ2v) is 0. The summed E-state index contributed by atoms with van der Waals surface area (Å²) in [6.45, 7) is 0. The molecule has 0 amide bonds. The molecule has 0 aromatic heterocycles. The maximum atomic E-state index is 0. The molecule has 5 heteroatoms. The first-order valence-electron chi connectivity index (χ1n) is 0. The Morgan fingerprint density at radius 3 is 1.00 bits per heavy atom. The van der Waals surface area contributed by atoms with Crippen molar-refractivity contribution in [1.29, 1.82) is 0 Å². The van der Waals surface area contributed by atoms with E-state index in [4.69, 9.17) is 0 Å². The Balaban J connectivity index is 0. The third kappa shape index (κ3) is 17.9. The number of rotatable bonds is 0. The second-order valence-electron chi connectivity index (χ2n) is 0. The molecule has 0 bridgehead atoms. The Morgan fingerprint density at radius 1 is 1.00 bits per heavy atom. The van der Waals surface area contributed by atoms with Gasteiger partial charge >= 0.3 is 48.9 Å². The van der Waals surface area contributed by atoms with Crippen LogP contribution in [0.2, 0.25) is 0 Å². The van der Waals surface area contributed by atoms with Gasteiger partial charge in [-0.2, -0.15) is 0 Å². The van der Waals surface area contributed by atoms with Crippen molar-refractivity contribution in [3.8, 4) is 0 Å². The molecule has 0 saturated carbocycles. The molecule has 0 saturated heterocycles. The van der Waals surface area contributed by atoms with Gasteiger partial charge in [0.15, 0.2) is 0 Å². The number of hydrogen-bond acceptors (Lipinski definition) is 0. The van der Waals surface area contributed by atoms with E-state index in [1.54, 1.807) is 0 Å². The molecule has 29 valence electrons. The van der Waals surface area contributed by atoms with Crippen molar-refractivity contribution in [2.24, 2.45) is 0 Å². The average molecular weight is 633 g/mol. The molecule has 0 nitrogen and oxygen atoms in total. The average Bonchev–Trinajstić information content (AvgIpc) is 0. The van der Waals surface area contributed by atoms with E-state index in [-0.39, 0.29) is 196 Å². The van der Waals surface area contributed by atoms with Crippen LogP contribution in [0.1, 0.15) is 0 Å². The van der Waals surface area contributed by atoms with Gasteiger partial charge in [0.2, 0.25) is 0 Å². The van der Waals surface area contributed by atoms with Crippen molar-refractivity contribution in [2.75, 3.05) is 0 Å². The summed E-state index contributed by atoms with van der Waals surface area (Å²) >= 11 is 0. The van der Waals surface area contributed by atoms with Crippen molar-refractivity contribution in [3.63, 3.8) is 0 Å². The van der Waals surface area contributed by atoms with Crippen molar-refractivity contribution in [3.05, 3.63) is 0 Å². The summed E-state index contributed by atoms with van der Waals surface area (Å²) in [7, 11) is 0. The Kier molecular flexibility index (Phi) is 135. The fourth-order valence-electron chi connectivity index (χ4n) is 0. The van der Waals surface area contributed by atoms with Crippen LogP contribution in [0.4, 0.5) is 0 Å². The molecular formula is H2BaCeYYbZr. The summed E-state index contributed by atoms with van der Waals surface area (Å²) < 4.78 is 0. The smallest absolute Gasteiger partial charge is 0 e. The van der Waals surface area contributed by atoms with Crippen LogP contribution in [0.25, 0.3) is 0 Å². The molecular weight excluding hydrogens is 631 g/mol. The van der Waals surface area contributed by atoms with Crippen LogP contribution >= 0.6 is 0 Å². The maximum absolute atomic E-state index is 0. The van der Waals surface area contributed by atoms with E-state index >= 15 is 0 Å². The molecule has 0 N–H and O–H groups in total. The maximum Gasteiger partial charge on any atom is 0 e. The van der Waals surface area contributed by atoms with Gasteiger partial charge < -0.3 is 0 Å². The molecule has 0 aliphatic carbocycles. The zero-order valence-electron chi connectivity index (χ0n) is 1.84. The summed E-state index contributed by atoms with van der Waals surface area (Å²) in [5, 5.41) is 0. The monoisotopic (exact) mass is 633 g/mol. The van der Waals surface area contributed by atoms with Gasteiger partial charge in [0.25, 0.3) is 0 Å². The third-order valence-electron chi connectivity index (χ3n) is 0. The molecule has 0 spiro atoms. The summed E-state index contributed by atoms with van der Waals surface area (Å²) in [6, 6.07) is 0. The van der Waals surface area contributed by atoms with Crippen molar-refractivity contribution in [1.82, 2.24) is 0 Å². The molecule has 1 radical (unpaired) electrons. The van der Waals surface area contributed by atoms with Crippen LogP contribution in [-0.4, -0.2) is 48.9 Å². The van der Waals surface area contributed by atoms with E-state index in [1.807, 2.05) is 0 Å². The van der Waals surface area contributed by atoms with Crippen LogP contribution < -0.4 is 0 Å². The minimum absolute atomic E-state index is 0. The van der Waals surface area contributed by atoms with Gasteiger partial charge in [0, 0.05) is 148 Å². The molecule has 0 atom stereocenters. The first-order chi connectivity index (χ1) is 0. The Bertz CT molecular complexity index is 11.6. The van der Waals surface area contributed by atoms with Crippen LogP contribution in [-0.2, 0) is 58.9 Å². The quantitative estimate of drug-likeness (QED) is 0.304. The zero-order chi connectivity index (χ0) is 0. The van der Waals surface area contributed by atoms with Crippen molar-refractivity contribution in [2.45, 2.75) is 0 Å². The zero-order valence-corrected chi connectivity index (χ0v) is 12.0. The van der Waals surface area contributed by atoms with Gasteiger partial charge in [-0.05, 0) is 0 Å². The van der Waals surface area contributed by atoms with Crippen LogP contribution in [0.5, 0.6) is 0 Å². The van der Waals surface area contributed by atoms with Crippen molar-refractivity contribution >= 4 is 48.9 Å². The van der Waals surface area contributed by atoms with Gasteiger partial charge in [-0.15, -0.1) is 0 Å². The predicted octanol–water partition coefficient (Wildman–Crippen LogP) is -0.921. The second kappa shape index (κ2) is 22.4. The molecule has 0 aliphatic rings. The Labute approximate surface area is 189 Å². The summed E-state index contributed by atoms with van der Waals surface area (Å²) in [5.41, 5.74) is 0. The summed E-state index contributed by atoms with van der Waals surface area (Å²) in [6.07, 6.45) is 0. The Morgan fingerprint density at radius 2 is 1.00 bits per heavy atom. The molecule has 0 unspecified atom stereocenters. The fourth-order valence-corrected chi connectivity index (χ4v) is 0. The number of hydrogen-bond donors (Lipinski definition) is 0. The van der Waals surface area contributed by atoms with Gasteiger partial charge in [-0.25, -0.2) is 0 Å². The molecule has 0 aliphatic heterocycles. The van der Waals surface area contributed by atoms with E-state index in [0.29, 0.717) is 0 Å². The van der Waals surface area contributed by atoms with Crippen LogP contribution in [0.3, 0.4) is 0 Å². The molecule has 0 aromatic carbocycles. The van der Waals surface area contributed by atoms with Gasteiger partial charge in [0.05, 0.1) is 0 Å². The third-order valence-corrected chi connectivity index (χ3v) is 0. The van der Waals surface area contributed by atoms with Crippen molar-refractivity contribution < 1.29 is 148 Å². The topological polar surface area (TPSA) is 0 Å². The molecule has 0 heterocycles. The summed E-state index contributed by atoms with van der Waals surface area (Å²) in [5.74, 6) is 0. The molecule has 0 aromatic rings. The minimum atomic E-state index is 0. The predicted molar refractivity (Wildman–Crippen MR) is 8.54 cm³/mol. The first kappa shape index (κ1) is 30.1. The molecule has 0 fully saturated rings. The fraction of sp³-hybridized carbons (Fsp3) is 0. The van der Waals surface area contributed by atoms with E-state index in [1.165, 1.54) is 0 Å². The van der Waals surface area contributed by atoms with E-state index in [0.717, 1.165) is 0 Å². The Hall–Kier alpha value is 6.45. The largest absolute Gasteiger partial charge is 0 e. The molecule has 0 rings (SSSR count). The minimum Gasteiger partial charge on any atom is 0 e. The first-order valence-corrected chi connectivity index (χ1v) is 0. The van der Waals surface area contributed by atoms with E-state index in [9.17, 15) is 0 Å². The van der Waals surface area contributed by atoms with Gasteiger partial charge in [-0.1, -0.05) is 0 Å². The standard InChI is InChI=1S/Ba.Ce.Y.Yb.Zr.2H. The van der Waals surface area contributed by atoms with Crippen LogP contribution in [0, 0.1) is 88.7 Å². The normalized spacial score (nSPS) is 0. The molecule has 5 heavy (non-hydrogen) atoms. The van der Waals surface area contributed by atoms with E-state index < -0.39 is 0 Å². The summed E-state index contributed by atoms with van der Waals surface area (Å²) in [4.78, 5) is 0. The van der Waals surface area contributed by atoms with E-state index in [2.05, 4.69) is 0 Å². The van der Waals surface area contributed by atoms with Crippen LogP contribution in [0.15, 0.2) is 0 Å². The van der Waals surface area contributed by atoms with Gasteiger partial charge in [-0.3, -0.25) is 0 Å².